The van der Waals surface area contributed by atoms with Crippen LogP contribution in [0.4, 0.5) is 0 Å². The van der Waals surface area contributed by atoms with Crippen LogP contribution in [0.25, 0.3) is 0 Å². The van der Waals surface area contributed by atoms with Crippen LogP contribution in [0, 0.1) is 5.92 Å². The van der Waals surface area contributed by atoms with Crippen molar-refractivity contribution < 1.29 is 10.0 Å². The van der Waals surface area contributed by atoms with Gasteiger partial charge in [-0.3, -0.25) is 0 Å². The van der Waals surface area contributed by atoms with Gasteiger partial charge in [0.25, 0.3) is 0 Å². The molecule has 1 aliphatic heterocycles. The Kier molecular flexibility index (Phi) is 3.90. The van der Waals surface area contributed by atoms with Gasteiger partial charge in [0, 0.05) is 0 Å². The van der Waals surface area contributed by atoms with E-state index in [0.717, 1.165) is 19.5 Å². The molecule has 1 heterocycles. The molecule has 11 heavy (non-hydrogen) atoms. The number of nitrogens with one attached hydrogen (secondary N) is 1. The van der Waals surface area contributed by atoms with Crippen molar-refractivity contribution in [1.29, 1.82) is 0 Å². The van der Waals surface area contributed by atoms with E-state index in [1.807, 2.05) is 0 Å². The van der Waals surface area contributed by atoms with Crippen molar-refractivity contribution in [1.82, 2.24) is 5.32 Å². The quantitative estimate of drug-likeness (QED) is 0.499. The molecule has 0 amide bonds. The van der Waals surface area contributed by atoms with Gasteiger partial charge in [-0.05, 0) is 38.2 Å². The third-order valence-electron chi connectivity index (χ3n) is 2.29. The maximum absolute atomic E-state index is 8.62. The lowest BCUT2D eigenvalue weighted by atomic mass is 9.79. The van der Waals surface area contributed by atoms with E-state index >= 15 is 0 Å². The minimum Gasteiger partial charge on any atom is -0.427 e. The molecule has 0 spiro atoms. The molecule has 3 N–H and O–H groups in total. The summed E-state index contributed by atoms with van der Waals surface area (Å²) in [5.41, 5.74) is 0. The van der Waals surface area contributed by atoms with E-state index < -0.39 is 7.12 Å². The zero-order valence-corrected chi connectivity index (χ0v) is 6.79. The van der Waals surface area contributed by atoms with Gasteiger partial charge in [0.05, 0.1) is 0 Å². The monoisotopic (exact) mass is 157 g/mol. The van der Waals surface area contributed by atoms with Gasteiger partial charge >= 0.3 is 7.12 Å². The molecule has 64 valence electrons. The van der Waals surface area contributed by atoms with Gasteiger partial charge < -0.3 is 15.4 Å². The Bertz CT molecular complexity index is 105. The SMILES string of the molecule is OB(O)CCC1CCNCC1. The highest BCUT2D eigenvalue weighted by Gasteiger charge is 2.15. The molecule has 0 saturated carbocycles. The van der Waals surface area contributed by atoms with E-state index in [2.05, 4.69) is 5.32 Å². The molecule has 0 aromatic rings. The first kappa shape index (κ1) is 9.04. The molecule has 0 unspecified atom stereocenters. The summed E-state index contributed by atoms with van der Waals surface area (Å²) in [5.74, 6) is 0.707. The molecule has 1 saturated heterocycles. The maximum atomic E-state index is 8.62. The van der Waals surface area contributed by atoms with Gasteiger partial charge in [0.2, 0.25) is 0 Å². The fourth-order valence-electron chi connectivity index (χ4n) is 1.56. The van der Waals surface area contributed by atoms with Crippen LogP contribution in [0.15, 0.2) is 0 Å². The van der Waals surface area contributed by atoms with Gasteiger partial charge in [-0.15, -0.1) is 0 Å². The number of hydrogen-bond donors (Lipinski definition) is 3. The highest BCUT2D eigenvalue weighted by molar-refractivity contribution is 6.40. The van der Waals surface area contributed by atoms with Crippen molar-refractivity contribution >= 4 is 7.12 Å². The Morgan fingerprint density at radius 3 is 2.45 bits per heavy atom. The third kappa shape index (κ3) is 3.75. The number of hydrogen-bond acceptors (Lipinski definition) is 3. The molecule has 1 fully saturated rings. The first-order valence-electron chi connectivity index (χ1n) is 4.36. The Morgan fingerprint density at radius 2 is 1.91 bits per heavy atom. The fourth-order valence-corrected chi connectivity index (χ4v) is 1.56. The number of piperidine rings is 1. The summed E-state index contributed by atoms with van der Waals surface area (Å²) >= 11 is 0. The van der Waals surface area contributed by atoms with Crippen molar-refractivity contribution in [3.8, 4) is 0 Å². The second-order valence-electron chi connectivity index (χ2n) is 3.25. The topological polar surface area (TPSA) is 52.5 Å². The fraction of sp³-hybridized carbons (Fsp3) is 1.00. The normalized spacial score (nSPS) is 20.2. The van der Waals surface area contributed by atoms with Gasteiger partial charge in [-0.2, -0.15) is 0 Å². The van der Waals surface area contributed by atoms with E-state index in [1.165, 1.54) is 12.8 Å². The molecule has 0 radical (unpaired) electrons. The van der Waals surface area contributed by atoms with Gasteiger partial charge in [0.15, 0.2) is 0 Å². The largest absolute Gasteiger partial charge is 0.451 e. The average Bonchev–Trinajstić information content (AvgIpc) is 2.03. The lowest BCUT2D eigenvalue weighted by molar-refractivity contribution is 0.345. The van der Waals surface area contributed by atoms with E-state index in [0.29, 0.717) is 12.2 Å². The Morgan fingerprint density at radius 1 is 1.27 bits per heavy atom. The predicted octanol–water partition coefficient (Wildman–Crippen LogP) is -0.151. The molecular weight excluding hydrogens is 141 g/mol. The summed E-state index contributed by atoms with van der Waals surface area (Å²) in [4.78, 5) is 0. The van der Waals surface area contributed by atoms with Crippen LogP contribution in [-0.2, 0) is 0 Å². The van der Waals surface area contributed by atoms with Crippen LogP contribution >= 0.6 is 0 Å². The van der Waals surface area contributed by atoms with Gasteiger partial charge in [-0.25, -0.2) is 0 Å². The van der Waals surface area contributed by atoms with Crippen LogP contribution in [0.3, 0.4) is 0 Å². The lowest BCUT2D eigenvalue weighted by Crippen LogP contribution is -2.28. The smallest absolute Gasteiger partial charge is 0.427 e. The van der Waals surface area contributed by atoms with Crippen LogP contribution in [0.2, 0.25) is 6.32 Å². The molecule has 0 aromatic carbocycles. The molecule has 0 atom stereocenters. The molecule has 0 aromatic heterocycles. The van der Waals surface area contributed by atoms with E-state index in [4.69, 9.17) is 10.0 Å². The third-order valence-corrected chi connectivity index (χ3v) is 2.29. The standard InChI is InChI=1S/C7H16BNO2/c10-8(11)4-1-7-2-5-9-6-3-7/h7,9-11H,1-6H2. The molecule has 0 aliphatic carbocycles. The Labute approximate surface area is 68.0 Å². The van der Waals surface area contributed by atoms with E-state index in [1.54, 1.807) is 0 Å². The summed E-state index contributed by atoms with van der Waals surface area (Å²) in [5, 5.41) is 20.5. The predicted molar refractivity (Wildman–Crippen MR) is 45.2 cm³/mol. The lowest BCUT2D eigenvalue weighted by Gasteiger charge is -2.22. The molecule has 3 nitrogen and oxygen atoms in total. The zero-order chi connectivity index (χ0) is 8.10. The van der Waals surface area contributed by atoms with Crippen LogP contribution < -0.4 is 5.32 Å². The molecule has 4 heteroatoms. The second kappa shape index (κ2) is 4.75. The minimum absolute atomic E-state index is 0.532. The van der Waals surface area contributed by atoms with Crippen molar-refractivity contribution in [2.24, 2.45) is 5.92 Å². The zero-order valence-electron chi connectivity index (χ0n) is 6.79. The second-order valence-corrected chi connectivity index (χ2v) is 3.25. The first-order chi connectivity index (χ1) is 5.29. The highest BCUT2D eigenvalue weighted by atomic mass is 16.4. The molecule has 0 bridgehead atoms. The Balaban J connectivity index is 2.05. The summed E-state index contributed by atoms with van der Waals surface area (Å²) in [6.07, 6.45) is 3.86. The van der Waals surface area contributed by atoms with Crippen molar-refractivity contribution in [2.75, 3.05) is 13.1 Å². The molecule has 1 rings (SSSR count). The summed E-state index contributed by atoms with van der Waals surface area (Å²) in [6, 6.07) is 0. The molecule has 1 aliphatic rings. The van der Waals surface area contributed by atoms with Crippen molar-refractivity contribution in [3.05, 3.63) is 0 Å². The van der Waals surface area contributed by atoms with Gasteiger partial charge in [0.1, 0.15) is 0 Å². The van der Waals surface area contributed by atoms with Crippen molar-refractivity contribution in [3.63, 3.8) is 0 Å². The maximum Gasteiger partial charge on any atom is 0.451 e. The Hall–Kier alpha value is -0.0551. The summed E-state index contributed by atoms with van der Waals surface area (Å²) < 4.78 is 0. The van der Waals surface area contributed by atoms with Crippen LogP contribution in [-0.4, -0.2) is 30.3 Å². The summed E-state index contributed by atoms with van der Waals surface area (Å²) in [6.45, 7) is 2.18. The van der Waals surface area contributed by atoms with E-state index in [-0.39, 0.29) is 0 Å². The van der Waals surface area contributed by atoms with Gasteiger partial charge in [-0.1, -0.05) is 6.42 Å². The first-order valence-corrected chi connectivity index (χ1v) is 4.36. The van der Waals surface area contributed by atoms with E-state index in [9.17, 15) is 0 Å². The van der Waals surface area contributed by atoms with Crippen molar-refractivity contribution in [2.45, 2.75) is 25.6 Å². The summed E-state index contributed by atoms with van der Waals surface area (Å²) in [7, 11) is -1.11. The van der Waals surface area contributed by atoms with Crippen LogP contribution in [0.1, 0.15) is 19.3 Å². The minimum atomic E-state index is -1.11. The highest BCUT2D eigenvalue weighted by Crippen LogP contribution is 2.17. The molecular formula is C7H16BNO2. The number of rotatable bonds is 3. The van der Waals surface area contributed by atoms with Crippen LogP contribution in [0.5, 0.6) is 0 Å². The average molecular weight is 157 g/mol.